The summed E-state index contributed by atoms with van der Waals surface area (Å²) in [4.78, 5) is 4.16. The second-order valence-corrected chi connectivity index (χ2v) is 6.29. The first-order valence-electron chi connectivity index (χ1n) is 8.66. The highest BCUT2D eigenvalue weighted by atomic mass is 16.7. The van der Waals surface area contributed by atoms with Gasteiger partial charge < -0.3 is 39.3 Å². The van der Waals surface area contributed by atoms with Crippen LogP contribution in [0.1, 0.15) is 13.8 Å². The highest BCUT2D eigenvalue weighted by Gasteiger charge is 2.44. The molecule has 0 aromatic rings. The van der Waals surface area contributed by atoms with E-state index in [1.54, 1.807) is 0 Å². The SMILES string of the molecule is CCN(CC)CCOC1C(O)C(O)OC(COCCN(C)C)C1O. The molecule has 8 heteroatoms. The van der Waals surface area contributed by atoms with Gasteiger partial charge in [-0.25, -0.2) is 0 Å². The van der Waals surface area contributed by atoms with Gasteiger partial charge in [0.15, 0.2) is 6.29 Å². The third-order valence-electron chi connectivity index (χ3n) is 4.24. The van der Waals surface area contributed by atoms with Crippen molar-refractivity contribution in [3.8, 4) is 0 Å². The van der Waals surface area contributed by atoms with Crippen molar-refractivity contribution in [2.24, 2.45) is 0 Å². The summed E-state index contributed by atoms with van der Waals surface area (Å²) < 4.78 is 16.4. The van der Waals surface area contributed by atoms with Crippen molar-refractivity contribution in [2.45, 2.75) is 44.6 Å². The molecule has 1 aliphatic rings. The van der Waals surface area contributed by atoms with Gasteiger partial charge in [0.1, 0.15) is 24.4 Å². The molecule has 0 bridgehead atoms. The molecular weight excluding hydrogens is 316 g/mol. The molecule has 1 heterocycles. The van der Waals surface area contributed by atoms with Crippen molar-refractivity contribution in [3.63, 3.8) is 0 Å². The molecule has 5 unspecified atom stereocenters. The van der Waals surface area contributed by atoms with Crippen LogP contribution in [0.4, 0.5) is 0 Å². The highest BCUT2D eigenvalue weighted by Crippen LogP contribution is 2.22. The average molecular weight is 350 g/mol. The topological polar surface area (TPSA) is 94.9 Å². The number of likely N-dealkylation sites (N-methyl/N-ethyl adjacent to an activating group) is 2. The van der Waals surface area contributed by atoms with Gasteiger partial charge in [0.2, 0.25) is 0 Å². The monoisotopic (exact) mass is 350 g/mol. The van der Waals surface area contributed by atoms with E-state index in [0.29, 0.717) is 19.8 Å². The van der Waals surface area contributed by atoms with E-state index in [-0.39, 0.29) is 6.61 Å². The standard InChI is InChI=1S/C16H34N2O6/c1-5-18(6-2)8-10-23-15-13(19)12(24-16(21)14(15)20)11-22-9-7-17(3)4/h12-16,19-21H,5-11H2,1-4H3. The average Bonchev–Trinajstić information content (AvgIpc) is 2.55. The molecule has 0 aromatic heterocycles. The molecule has 1 saturated heterocycles. The molecule has 1 fully saturated rings. The van der Waals surface area contributed by atoms with E-state index < -0.39 is 30.7 Å². The van der Waals surface area contributed by atoms with Crippen molar-refractivity contribution in [1.82, 2.24) is 9.80 Å². The van der Waals surface area contributed by atoms with E-state index in [2.05, 4.69) is 18.7 Å². The molecule has 5 atom stereocenters. The third-order valence-corrected chi connectivity index (χ3v) is 4.24. The lowest BCUT2D eigenvalue weighted by atomic mass is 9.99. The van der Waals surface area contributed by atoms with Crippen molar-refractivity contribution < 1.29 is 29.5 Å². The van der Waals surface area contributed by atoms with Crippen LogP contribution in [0.3, 0.4) is 0 Å². The Labute approximate surface area is 144 Å². The highest BCUT2D eigenvalue weighted by molar-refractivity contribution is 4.90. The summed E-state index contributed by atoms with van der Waals surface area (Å²) in [5, 5.41) is 30.3. The van der Waals surface area contributed by atoms with E-state index >= 15 is 0 Å². The number of aliphatic hydroxyl groups excluding tert-OH is 3. The van der Waals surface area contributed by atoms with Crippen molar-refractivity contribution in [2.75, 3.05) is 60.1 Å². The molecule has 0 radical (unpaired) electrons. The van der Waals surface area contributed by atoms with Crippen LogP contribution in [0.5, 0.6) is 0 Å². The Morgan fingerprint density at radius 1 is 0.958 bits per heavy atom. The van der Waals surface area contributed by atoms with Gasteiger partial charge in [-0.05, 0) is 27.2 Å². The molecule has 24 heavy (non-hydrogen) atoms. The summed E-state index contributed by atoms with van der Waals surface area (Å²) in [6, 6.07) is 0. The smallest absolute Gasteiger partial charge is 0.184 e. The van der Waals surface area contributed by atoms with E-state index in [1.807, 2.05) is 19.0 Å². The van der Waals surface area contributed by atoms with E-state index in [9.17, 15) is 15.3 Å². The van der Waals surface area contributed by atoms with Gasteiger partial charge >= 0.3 is 0 Å². The van der Waals surface area contributed by atoms with Crippen LogP contribution in [0.2, 0.25) is 0 Å². The number of rotatable bonds is 11. The maximum absolute atomic E-state index is 10.4. The maximum atomic E-state index is 10.4. The first kappa shape index (κ1) is 21.7. The molecule has 3 N–H and O–H groups in total. The maximum Gasteiger partial charge on any atom is 0.184 e. The lowest BCUT2D eigenvalue weighted by molar-refractivity contribution is -0.296. The van der Waals surface area contributed by atoms with E-state index in [1.165, 1.54) is 0 Å². The molecule has 1 rings (SSSR count). The fraction of sp³-hybridized carbons (Fsp3) is 1.00. The Bertz CT molecular complexity index is 330. The second-order valence-electron chi connectivity index (χ2n) is 6.29. The molecule has 0 amide bonds. The summed E-state index contributed by atoms with van der Waals surface area (Å²) in [5.41, 5.74) is 0. The second kappa shape index (κ2) is 11.3. The lowest BCUT2D eigenvalue weighted by Crippen LogP contribution is -2.60. The Morgan fingerprint density at radius 3 is 2.21 bits per heavy atom. The van der Waals surface area contributed by atoms with Gasteiger partial charge in [-0.3, -0.25) is 0 Å². The zero-order chi connectivity index (χ0) is 18.1. The van der Waals surface area contributed by atoms with Crippen LogP contribution in [0.25, 0.3) is 0 Å². The van der Waals surface area contributed by atoms with Gasteiger partial charge in [-0.2, -0.15) is 0 Å². The fourth-order valence-electron chi connectivity index (χ4n) is 2.56. The summed E-state index contributed by atoms with van der Waals surface area (Å²) in [6.45, 7) is 8.37. The minimum atomic E-state index is -1.39. The van der Waals surface area contributed by atoms with Crippen molar-refractivity contribution >= 4 is 0 Å². The first-order chi connectivity index (χ1) is 11.4. The third kappa shape index (κ3) is 6.89. The zero-order valence-corrected chi connectivity index (χ0v) is 15.3. The van der Waals surface area contributed by atoms with Crippen molar-refractivity contribution in [1.29, 1.82) is 0 Å². The van der Waals surface area contributed by atoms with Crippen LogP contribution in [-0.2, 0) is 14.2 Å². The Balaban J connectivity index is 2.47. The lowest BCUT2D eigenvalue weighted by Gasteiger charge is -2.40. The molecule has 1 aliphatic heterocycles. The van der Waals surface area contributed by atoms with Gasteiger partial charge in [-0.15, -0.1) is 0 Å². The van der Waals surface area contributed by atoms with Gasteiger partial charge in [0.25, 0.3) is 0 Å². The molecule has 0 aliphatic carbocycles. The molecule has 0 saturated carbocycles. The molecular formula is C16H34N2O6. The zero-order valence-electron chi connectivity index (χ0n) is 15.3. The number of hydrogen-bond donors (Lipinski definition) is 3. The van der Waals surface area contributed by atoms with Crippen LogP contribution < -0.4 is 0 Å². The molecule has 0 aromatic carbocycles. The predicted octanol–water partition coefficient (Wildman–Crippen LogP) is -1.27. The Hall–Kier alpha value is -0.320. The Kier molecular flexibility index (Phi) is 10.3. The normalized spacial score (nSPS) is 31.1. The number of nitrogens with zero attached hydrogens (tertiary/aromatic N) is 2. The summed E-state index contributed by atoms with van der Waals surface area (Å²) in [7, 11) is 3.88. The number of aliphatic hydroxyl groups is 3. The summed E-state index contributed by atoms with van der Waals surface area (Å²) in [6.07, 6.45) is -5.36. The van der Waals surface area contributed by atoms with Crippen LogP contribution in [0.15, 0.2) is 0 Å². The Morgan fingerprint density at radius 2 is 1.62 bits per heavy atom. The van der Waals surface area contributed by atoms with E-state index in [0.717, 1.165) is 19.6 Å². The number of ether oxygens (including phenoxy) is 3. The van der Waals surface area contributed by atoms with Gasteiger partial charge in [0.05, 0.1) is 19.8 Å². The summed E-state index contributed by atoms with van der Waals surface area (Å²) >= 11 is 0. The largest absolute Gasteiger partial charge is 0.387 e. The first-order valence-corrected chi connectivity index (χ1v) is 8.66. The minimum Gasteiger partial charge on any atom is -0.387 e. The number of hydrogen-bond acceptors (Lipinski definition) is 8. The molecule has 144 valence electrons. The molecule has 0 spiro atoms. The van der Waals surface area contributed by atoms with Crippen molar-refractivity contribution in [3.05, 3.63) is 0 Å². The van der Waals surface area contributed by atoms with Crippen LogP contribution >= 0.6 is 0 Å². The van der Waals surface area contributed by atoms with E-state index in [4.69, 9.17) is 14.2 Å². The van der Waals surface area contributed by atoms with Gasteiger partial charge in [0, 0.05) is 13.1 Å². The van der Waals surface area contributed by atoms with Crippen LogP contribution in [-0.4, -0.2) is 116 Å². The minimum absolute atomic E-state index is 0.134. The van der Waals surface area contributed by atoms with Crippen LogP contribution in [0, 0.1) is 0 Å². The fourth-order valence-corrected chi connectivity index (χ4v) is 2.56. The summed E-state index contributed by atoms with van der Waals surface area (Å²) in [5.74, 6) is 0. The van der Waals surface area contributed by atoms with Gasteiger partial charge in [-0.1, -0.05) is 13.8 Å². The quantitative estimate of drug-likeness (QED) is 0.397. The molecule has 8 nitrogen and oxygen atoms in total. The predicted molar refractivity (Wildman–Crippen MR) is 89.8 cm³/mol.